The molecular formula is C40H46N4O3. The molecule has 6 rings (SSSR count). The van der Waals surface area contributed by atoms with E-state index in [1.54, 1.807) is 18.2 Å². The number of carbonyl (C=O) groups excluding carboxylic acids is 1. The number of unbranched alkanes of at least 4 members (excludes halogenated alkanes) is 2. The summed E-state index contributed by atoms with van der Waals surface area (Å²) in [5.41, 5.74) is 14.3. The number of likely N-dealkylation sites (N-methyl/N-ethyl adjacent to an activating group) is 1. The molecule has 1 aliphatic heterocycles. The van der Waals surface area contributed by atoms with Crippen LogP contribution in [-0.4, -0.2) is 70.3 Å². The average molecular weight is 631 g/mol. The van der Waals surface area contributed by atoms with E-state index in [1.165, 1.54) is 79.7 Å². The summed E-state index contributed by atoms with van der Waals surface area (Å²) in [4.78, 5) is 17.4. The molecule has 244 valence electrons. The van der Waals surface area contributed by atoms with Crippen LogP contribution >= 0.6 is 0 Å². The van der Waals surface area contributed by atoms with Gasteiger partial charge < -0.3 is 30.3 Å². The molecule has 0 bridgehead atoms. The molecule has 0 atom stereocenters. The lowest BCUT2D eigenvalue weighted by Gasteiger charge is -2.32. The van der Waals surface area contributed by atoms with Crippen molar-refractivity contribution < 1.29 is 15.0 Å². The molecule has 1 fully saturated rings. The van der Waals surface area contributed by atoms with Crippen molar-refractivity contribution in [2.45, 2.75) is 46.1 Å². The molecule has 7 nitrogen and oxygen atoms in total. The zero-order valence-corrected chi connectivity index (χ0v) is 27.8. The molecular weight excluding hydrogens is 584 g/mol. The lowest BCUT2D eigenvalue weighted by Crippen LogP contribution is -2.44. The Bertz CT molecular complexity index is 1860. The molecule has 0 radical (unpaired) electrons. The van der Waals surface area contributed by atoms with Crippen molar-refractivity contribution in [3.05, 3.63) is 107 Å². The lowest BCUT2D eigenvalue weighted by atomic mass is 9.92. The third kappa shape index (κ3) is 7.07. The summed E-state index contributed by atoms with van der Waals surface area (Å²) in [6.07, 6.45) is 4.32. The minimum Gasteiger partial charge on any atom is -0.507 e. The molecule has 47 heavy (non-hydrogen) atoms. The number of carbonyl (C=O) groups is 1. The van der Waals surface area contributed by atoms with Crippen LogP contribution in [0.3, 0.4) is 0 Å². The maximum Gasteiger partial charge on any atom is 0.249 e. The number of amides is 1. The summed E-state index contributed by atoms with van der Waals surface area (Å²) in [5.74, 6) is -0.698. The molecule has 1 aromatic heterocycles. The van der Waals surface area contributed by atoms with E-state index in [0.717, 1.165) is 12.1 Å². The van der Waals surface area contributed by atoms with Crippen LogP contribution in [0.2, 0.25) is 0 Å². The fourth-order valence-corrected chi connectivity index (χ4v) is 7.01. The fourth-order valence-electron chi connectivity index (χ4n) is 7.01. The van der Waals surface area contributed by atoms with Crippen molar-refractivity contribution >= 4 is 16.8 Å². The van der Waals surface area contributed by atoms with Crippen LogP contribution in [0.15, 0.2) is 78.9 Å². The number of nitrogens with two attached hydrogens (primary N) is 1. The Hall–Kier alpha value is -4.59. The van der Waals surface area contributed by atoms with E-state index in [4.69, 9.17) is 5.73 Å². The van der Waals surface area contributed by atoms with Gasteiger partial charge in [0, 0.05) is 54.9 Å². The molecule has 0 saturated carbocycles. The molecule has 0 unspecified atom stereocenters. The van der Waals surface area contributed by atoms with Gasteiger partial charge in [-0.15, -0.1) is 0 Å². The van der Waals surface area contributed by atoms with Gasteiger partial charge in [0.2, 0.25) is 5.91 Å². The number of aryl methyl sites for hydroxylation is 2. The number of benzene rings is 4. The van der Waals surface area contributed by atoms with E-state index >= 15 is 0 Å². The SMILES string of the molecule is Cc1c(C)n(CCCCCN2CCN(C)CC2)c2ccc(Cc3ccc(C(N)=O)c(-c4cc(O)c(-c5ccccc5)c(O)c4)c3)cc12. The van der Waals surface area contributed by atoms with Gasteiger partial charge in [-0.05, 0) is 110 Å². The number of hydrogen-bond acceptors (Lipinski definition) is 5. The minimum absolute atomic E-state index is 0.0668. The van der Waals surface area contributed by atoms with Crippen molar-refractivity contribution in [1.29, 1.82) is 0 Å². The van der Waals surface area contributed by atoms with Crippen LogP contribution < -0.4 is 5.73 Å². The van der Waals surface area contributed by atoms with Crippen LogP contribution in [0.4, 0.5) is 0 Å². The van der Waals surface area contributed by atoms with Crippen molar-refractivity contribution in [3.8, 4) is 33.8 Å². The average Bonchev–Trinajstić information content (AvgIpc) is 3.29. The Morgan fingerprint density at radius 1 is 0.766 bits per heavy atom. The summed E-state index contributed by atoms with van der Waals surface area (Å²) >= 11 is 0. The number of aromatic nitrogens is 1. The first-order chi connectivity index (χ1) is 22.7. The summed E-state index contributed by atoms with van der Waals surface area (Å²) in [7, 11) is 2.21. The van der Waals surface area contributed by atoms with Gasteiger partial charge in [0.1, 0.15) is 11.5 Å². The predicted octanol–water partition coefficient (Wildman–Crippen LogP) is 7.11. The molecule has 4 N–H and O–H groups in total. The van der Waals surface area contributed by atoms with Gasteiger partial charge in [-0.2, -0.15) is 0 Å². The number of piperazine rings is 1. The van der Waals surface area contributed by atoms with E-state index in [0.29, 0.717) is 34.2 Å². The van der Waals surface area contributed by atoms with E-state index in [2.05, 4.69) is 53.5 Å². The molecule has 0 aliphatic carbocycles. The minimum atomic E-state index is -0.564. The molecule has 1 aliphatic rings. The van der Waals surface area contributed by atoms with Gasteiger partial charge in [0.25, 0.3) is 0 Å². The normalized spacial score (nSPS) is 14.2. The van der Waals surface area contributed by atoms with Crippen molar-refractivity contribution in [2.75, 3.05) is 39.8 Å². The van der Waals surface area contributed by atoms with Crippen LogP contribution in [0.5, 0.6) is 11.5 Å². The number of rotatable bonds is 11. The molecule has 0 spiro atoms. The molecule has 7 heteroatoms. The standard InChI is InChI=1S/C40H46N4O3/c1-27-28(2)44(17-9-5-8-16-43-20-18-42(3)19-21-43)36-15-13-30(23-34(27)36)22-29-12-14-33(40(41)47)35(24-29)32-25-37(45)39(38(46)26-32)31-10-6-4-7-11-31/h4,6-7,10-15,23-26,45-46H,5,8-9,16-22H2,1-3H3,(H2,41,47). The summed E-state index contributed by atoms with van der Waals surface area (Å²) in [6, 6.07) is 24.7. The van der Waals surface area contributed by atoms with Gasteiger partial charge in [0.05, 0.1) is 5.56 Å². The van der Waals surface area contributed by atoms with Gasteiger partial charge in [-0.3, -0.25) is 4.79 Å². The number of hydrogen-bond donors (Lipinski definition) is 3. The van der Waals surface area contributed by atoms with Crippen LogP contribution in [0, 0.1) is 13.8 Å². The third-order valence-electron chi connectivity index (χ3n) is 9.88. The Kier molecular flexibility index (Phi) is 9.66. The number of primary amides is 1. The third-order valence-corrected chi connectivity index (χ3v) is 9.88. The Morgan fingerprint density at radius 2 is 1.43 bits per heavy atom. The van der Waals surface area contributed by atoms with Crippen molar-refractivity contribution in [2.24, 2.45) is 5.73 Å². The molecule has 1 saturated heterocycles. The monoisotopic (exact) mass is 630 g/mol. The van der Waals surface area contributed by atoms with Gasteiger partial charge in [-0.1, -0.05) is 55.0 Å². The van der Waals surface area contributed by atoms with Crippen molar-refractivity contribution in [1.82, 2.24) is 14.4 Å². The maximum absolute atomic E-state index is 12.4. The van der Waals surface area contributed by atoms with E-state index in [1.807, 2.05) is 42.5 Å². The fraction of sp³-hybridized carbons (Fsp3) is 0.325. The highest BCUT2D eigenvalue weighted by Crippen LogP contribution is 2.41. The zero-order chi connectivity index (χ0) is 33.1. The quantitative estimate of drug-likeness (QED) is 0.135. The number of phenolic OH excluding ortho intramolecular Hbond substituents is 2. The largest absolute Gasteiger partial charge is 0.507 e. The first kappa shape index (κ1) is 32.4. The number of aromatic hydroxyl groups is 2. The lowest BCUT2D eigenvalue weighted by molar-refractivity contribution is 0.100. The number of phenols is 2. The summed E-state index contributed by atoms with van der Waals surface area (Å²) in [5, 5.41) is 23.1. The van der Waals surface area contributed by atoms with Crippen LogP contribution in [0.25, 0.3) is 33.2 Å². The second-order valence-electron chi connectivity index (χ2n) is 13.1. The van der Waals surface area contributed by atoms with E-state index in [-0.39, 0.29) is 11.5 Å². The van der Waals surface area contributed by atoms with Gasteiger partial charge >= 0.3 is 0 Å². The second kappa shape index (κ2) is 14.0. The number of nitrogens with zero attached hydrogens (tertiary/aromatic N) is 3. The maximum atomic E-state index is 12.4. The predicted molar refractivity (Wildman–Crippen MR) is 191 cm³/mol. The number of fused-ring (bicyclic) bond motifs is 1. The second-order valence-corrected chi connectivity index (χ2v) is 13.1. The Morgan fingerprint density at radius 3 is 2.13 bits per heavy atom. The van der Waals surface area contributed by atoms with E-state index < -0.39 is 5.91 Å². The Labute approximate surface area is 277 Å². The zero-order valence-electron chi connectivity index (χ0n) is 27.8. The highest BCUT2D eigenvalue weighted by Gasteiger charge is 2.18. The van der Waals surface area contributed by atoms with E-state index in [9.17, 15) is 15.0 Å². The smallest absolute Gasteiger partial charge is 0.249 e. The van der Waals surface area contributed by atoms with Crippen LogP contribution in [-0.2, 0) is 13.0 Å². The molecule has 5 aromatic rings. The Balaban J connectivity index is 1.19. The van der Waals surface area contributed by atoms with Gasteiger partial charge in [0.15, 0.2) is 0 Å². The first-order valence-corrected chi connectivity index (χ1v) is 16.7. The topological polar surface area (TPSA) is 95.0 Å². The summed E-state index contributed by atoms with van der Waals surface area (Å²) < 4.78 is 2.47. The van der Waals surface area contributed by atoms with Crippen molar-refractivity contribution in [3.63, 3.8) is 0 Å². The molecule has 1 amide bonds. The highest BCUT2D eigenvalue weighted by molar-refractivity contribution is 6.00. The first-order valence-electron chi connectivity index (χ1n) is 16.7. The van der Waals surface area contributed by atoms with Gasteiger partial charge in [-0.25, -0.2) is 0 Å². The molecule has 4 aromatic carbocycles. The van der Waals surface area contributed by atoms with Crippen LogP contribution in [0.1, 0.15) is 52.0 Å². The molecule has 2 heterocycles. The summed E-state index contributed by atoms with van der Waals surface area (Å²) in [6.45, 7) is 11.4. The highest BCUT2D eigenvalue weighted by atomic mass is 16.3.